The van der Waals surface area contributed by atoms with Crippen molar-refractivity contribution in [2.24, 2.45) is 0 Å². The molecule has 1 heterocycles. The van der Waals surface area contributed by atoms with Crippen LogP contribution in [0, 0.1) is 0 Å². The van der Waals surface area contributed by atoms with Crippen molar-refractivity contribution >= 4 is 23.2 Å². The van der Waals surface area contributed by atoms with Crippen LogP contribution in [0.4, 0.5) is 5.69 Å². The molecule has 0 spiro atoms. The lowest BCUT2D eigenvalue weighted by molar-refractivity contribution is 0.102. The number of aryl methyl sites for hydroxylation is 1. The van der Waals surface area contributed by atoms with Crippen molar-refractivity contribution in [3.63, 3.8) is 0 Å². The molecule has 2 aromatic rings. The van der Waals surface area contributed by atoms with Crippen molar-refractivity contribution in [1.29, 1.82) is 0 Å². The van der Waals surface area contributed by atoms with Gasteiger partial charge in [0.15, 0.2) is 0 Å². The molecule has 0 aliphatic carbocycles. The fourth-order valence-electron chi connectivity index (χ4n) is 1.55. The number of carbonyl (C=O) groups excluding carboxylic acids is 1. The zero-order valence-corrected chi connectivity index (χ0v) is 11.0. The van der Waals surface area contributed by atoms with E-state index < -0.39 is 5.91 Å². The van der Waals surface area contributed by atoms with Gasteiger partial charge < -0.3 is 5.32 Å². The Balaban J connectivity index is 2.26. The Morgan fingerprint density at radius 3 is 2.74 bits per heavy atom. The van der Waals surface area contributed by atoms with Crippen molar-refractivity contribution in [3.8, 4) is 0 Å². The summed E-state index contributed by atoms with van der Waals surface area (Å²) in [5.41, 5.74) is 0.434. The molecule has 0 aliphatic heterocycles. The molecule has 0 atom stereocenters. The molecule has 0 fully saturated rings. The number of amides is 1. The fourth-order valence-corrected chi connectivity index (χ4v) is 1.73. The number of hydrogen-bond acceptors (Lipinski definition) is 3. The summed E-state index contributed by atoms with van der Waals surface area (Å²) in [4.78, 5) is 23.4. The van der Waals surface area contributed by atoms with Gasteiger partial charge in [-0.05, 0) is 25.1 Å². The van der Waals surface area contributed by atoms with E-state index in [4.69, 9.17) is 11.6 Å². The summed E-state index contributed by atoms with van der Waals surface area (Å²) in [6, 6.07) is 9.61. The molecule has 1 N–H and O–H groups in total. The Morgan fingerprint density at radius 2 is 2.05 bits per heavy atom. The number of hydrogen-bond donors (Lipinski definition) is 1. The van der Waals surface area contributed by atoms with Crippen LogP contribution in [0.5, 0.6) is 0 Å². The number of para-hydroxylation sites is 1. The SMILES string of the molecule is CCn1nc(C(=O)Nc2ccccc2Cl)ccc1=O. The van der Waals surface area contributed by atoms with Gasteiger partial charge in [-0.1, -0.05) is 23.7 Å². The lowest BCUT2D eigenvalue weighted by Crippen LogP contribution is -2.25. The minimum atomic E-state index is -0.407. The Bertz CT molecular complexity index is 667. The van der Waals surface area contributed by atoms with Gasteiger partial charge in [0.25, 0.3) is 11.5 Å². The van der Waals surface area contributed by atoms with Crippen LogP contribution in [0.3, 0.4) is 0 Å². The monoisotopic (exact) mass is 277 g/mol. The van der Waals surface area contributed by atoms with Gasteiger partial charge in [-0.25, -0.2) is 4.68 Å². The van der Waals surface area contributed by atoms with Crippen LogP contribution in [0.15, 0.2) is 41.2 Å². The maximum absolute atomic E-state index is 12.0. The van der Waals surface area contributed by atoms with E-state index in [1.165, 1.54) is 16.8 Å². The summed E-state index contributed by atoms with van der Waals surface area (Å²) in [6.07, 6.45) is 0. The van der Waals surface area contributed by atoms with Gasteiger partial charge >= 0.3 is 0 Å². The second-order valence-electron chi connectivity index (χ2n) is 3.81. The summed E-state index contributed by atoms with van der Waals surface area (Å²) < 4.78 is 1.22. The average Bonchev–Trinajstić information content (AvgIpc) is 2.42. The first-order valence-electron chi connectivity index (χ1n) is 5.76. The number of anilines is 1. The van der Waals surface area contributed by atoms with Gasteiger partial charge in [0, 0.05) is 12.6 Å². The highest BCUT2D eigenvalue weighted by Crippen LogP contribution is 2.20. The molecular formula is C13H12ClN3O2. The van der Waals surface area contributed by atoms with Gasteiger partial charge in [-0.15, -0.1) is 0 Å². The third-order valence-corrected chi connectivity index (χ3v) is 2.85. The van der Waals surface area contributed by atoms with Crippen LogP contribution in [-0.4, -0.2) is 15.7 Å². The molecule has 0 saturated heterocycles. The summed E-state index contributed by atoms with van der Waals surface area (Å²) in [5, 5.41) is 7.06. The summed E-state index contributed by atoms with van der Waals surface area (Å²) >= 11 is 5.95. The molecule has 1 aromatic heterocycles. The third kappa shape index (κ3) is 3.00. The Kier molecular flexibility index (Phi) is 3.97. The zero-order chi connectivity index (χ0) is 13.8. The van der Waals surface area contributed by atoms with E-state index >= 15 is 0 Å². The summed E-state index contributed by atoms with van der Waals surface area (Å²) in [6.45, 7) is 2.19. The Labute approximate surface area is 114 Å². The van der Waals surface area contributed by atoms with Crippen molar-refractivity contribution in [2.45, 2.75) is 13.5 Å². The summed E-state index contributed by atoms with van der Waals surface area (Å²) in [7, 11) is 0. The molecule has 0 saturated carbocycles. The molecule has 0 unspecified atom stereocenters. The van der Waals surface area contributed by atoms with Gasteiger partial charge in [0.05, 0.1) is 10.7 Å². The maximum Gasteiger partial charge on any atom is 0.276 e. The number of nitrogens with zero attached hydrogens (tertiary/aromatic N) is 2. The van der Waals surface area contributed by atoms with E-state index in [0.29, 0.717) is 17.3 Å². The van der Waals surface area contributed by atoms with E-state index in [2.05, 4.69) is 10.4 Å². The zero-order valence-electron chi connectivity index (χ0n) is 10.3. The topological polar surface area (TPSA) is 64.0 Å². The smallest absolute Gasteiger partial charge is 0.276 e. The molecule has 0 bridgehead atoms. The van der Waals surface area contributed by atoms with Gasteiger partial charge in [0.2, 0.25) is 0 Å². The molecule has 5 nitrogen and oxygen atoms in total. The fraction of sp³-hybridized carbons (Fsp3) is 0.154. The minimum absolute atomic E-state index is 0.168. The minimum Gasteiger partial charge on any atom is -0.319 e. The van der Waals surface area contributed by atoms with Crippen LogP contribution in [0.1, 0.15) is 17.4 Å². The van der Waals surface area contributed by atoms with E-state index in [-0.39, 0.29) is 11.3 Å². The number of halogens is 1. The van der Waals surface area contributed by atoms with Crippen molar-refractivity contribution in [3.05, 3.63) is 57.5 Å². The second kappa shape index (κ2) is 5.67. The molecule has 0 aliphatic rings. The molecule has 1 aromatic carbocycles. The number of nitrogens with one attached hydrogen (secondary N) is 1. The van der Waals surface area contributed by atoms with Crippen LogP contribution >= 0.6 is 11.6 Å². The van der Waals surface area contributed by atoms with Crippen LogP contribution in [-0.2, 0) is 6.54 Å². The highest BCUT2D eigenvalue weighted by Gasteiger charge is 2.10. The first kappa shape index (κ1) is 13.3. The van der Waals surface area contributed by atoms with Crippen LogP contribution in [0.25, 0.3) is 0 Å². The van der Waals surface area contributed by atoms with Gasteiger partial charge in [-0.3, -0.25) is 9.59 Å². The quantitative estimate of drug-likeness (QED) is 0.935. The van der Waals surface area contributed by atoms with Crippen LogP contribution in [0.2, 0.25) is 5.02 Å². The number of benzene rings is 1. The van der Waals surface area contributed by atoms with E-state index in [1.807, 2.05) is 0 Å². The molecule has 98 valence electrons. The number of aromatic nitrogens is 2. The van der Waals surface area contributed by atoms with Crippen molar-refractivity contribution < 1.29 is 4.79 Å². The maximum atomic E-state index is 12.0. The first-order chi connectivity index (χ1) is 9.11. The number of carbonyl (C=O) groups is 1. The normalized spacial score (nSPS) is 10.2. The van der Waals surface area contributed by atoms with Gasteiger partial charge in [-0.2, -0.15) is 5.10 Å². The Morgan fingerprint density at radius 1 is 1.32 bits per heavy atom. The molecule has 1 amide bonds. The largest absolute Gasteiger partial charge is 0.319 e. The molecular weight excluding hydrogens is 266 g/mol. The standard InChI is InChI=1S/C13H12ClN3O2/c1-2-17-12(18)8-7-11(16-17)13(19)15-10-6-4-3-5-9(10)14/h3-8H,2H2,1H3,(H,15,19). The lowest BCUT2D eigenvalue weighted by Gasteiger charge is -2.07. The third-order valence-electron chi connectivity index (χ3n) is 2.52. The molecule has 6 heteroatoms. The predicted molar refractivity (Wildman–Crippen MR) is 73.6 cm³/mol. The average molecular weight is 278 g/mol. The van der Waals surface area contributed by atoms with Crippen LogP contribution < -0.4 is 10.9 Å². The highest BCUT2D eigenvalue weighted by atomic mass is 35.5. The first-order valence-corrected chi connectivity index (χ1v) is 6.13. The highest BCUT2D eigenvalue weighted by molar-refractivity contribution is 6.33. The van der Waals surface area contributed by atoms with E-state index in [9.17, 15) is 9.59 Å². The van der Waals surface area contributed by atoms with E-state index in [1.54, 1.807) is 31.2 Å². The number of rotatable bonds is 3. The molecule has 2 rings (SSSR count). The predicted octanol–water partition coefficient (Wildman–Crippen LogP) is 2.17. The molecule has 0 radical (unpaired) electrons. The summed E-state index contributed by atoms with van der Waals surface area (Å²) in [5.74, 6) is -0.407. The second-order valence-corrected chi connectivity index (χ2v) is 4.21. The molecule has 19 heavy (non-hydrogen) atoms. The van der Waals surface area contributed by atoms with Crippen molar-refractivity contribution in [1.82, 2.24) is 9.78 Å². The van der Waals surface area contributed by atoms with E-state index in [0.717, 1.165) is 0 Å². The van der Waals surface area contributed by atoms with Gasteiger partial charge in [0.1, 0.15) is 5.69 Å². The Hall–Kier alpha value is -2.14. The lowest BCUT2D eigenvalue weighted by atomic mass is 10.3. The van der Waals surface area contributed by atoms with Crippen molar-refractivity contribution in [2.75, 3.05) is 5.32 Å².